The molecule has 0 saturated carbocycles. The van der Waals surface area contributed by atoms with Crippen molar-refractivity contribution in [2.75, 3.05) is 13.2 Å². The summed E-state index contributed by atoms with van der Waals surface area (Å²) < 4.78 is 9.92. The first-order valence-electron chi connectivity index (χ1n) is 6.01. The van der Waals surface area contributed by atoms with Crippen molar-refractivity contribution in [2.45, 2.75) is 30.6 Å². The van der Waals surface area contributed by atoms with E-state index >= 15 is 0 Å². The van der Waals surface area contributed by atoms with Crippen molar-refractivity contribution in [2.24, 2.45) is 0 Å². The van der Waals surface area contributed by atoms with Gasteiger partial charge in [0.05, 0.1) is 12.3 Å². The number of ketones is 1. The van der Waals surface area contributed by atoms with Crippen LogP contribution in [0.1, 0.15) is 0 Å². The summed E-state index contributed by atoms with van der Waals surface area (Å²) in [5, 5.41) is 24.6. The van der Waals surface area contributed by atoms with Crippen molar-refractivity contribution >= 4 is 11.7 Å². The maximum atomic E-state index is 11.9. The molecule has 0 radical (unpaired) electrons. The van der Waals surface area contributed by atoms with Gasteiger partial charge in [-0.1, -0.05) is 0 Å². The van der Waals surface area contributed by atoms with E-state index in [1.54, 1.807) is 0 Å². The molecule has 0 aromatic carbocycles. The molecule has 0 aromatic heterocycles. The van der Waals surface area contributed by atoms with Crippen LogP contribution in [0.5, 0.6) is 0 Å². The van der Waals surface area contributed by atoms with Crippen molar-refractivity contribution in [3.63, 3.8) is 0 Å². The van der Waals surface area contributed by atoms with Crippen LogP contribution < -0.4 is 10.6 Å². The Morgan fingerprint density at radius 3 is 3.00 bits per heavy atom. The maximum absolute atomic E-state index is 11.9. The van der Waals surface area contributed by atoms with Crippen LogP contribution in [-0.4, -0.2) is 65.7 Å². The minimum Gasteiger partial charge on any atom is -0.384 e. The molecule has 104 valence electrons. The topological polar surface area (TPSA) is 120 Å². The fourth-order valence-electron chi connectivity index (χ4n) is 2.23. The number of carbonyl (C=O) groups excluding carboxylic acids is 2. The maximum Gasteiger partial charge on any atom is 0.246 e. The molecule has 2 aliphatic heterocycles. The third-order valence-electron chi connectivity index (χ3n) is 3.32. The average Bonchev–Trinajstić information content (AvgIpc) is 3.17. The molecular formula is C11H14N2O6. The van der Waals surface area contributed by atoms with Crippen molar-refractivity contribution in [1.82, 2.24) is 10.6 Å². The van der Waals surface area contributed by atoms with Crippen LogP contribution in [-0.2, 0) is 19.1 Å². The molecule has 3 aliphatic rings. The summed E-state index contributed by atoms with van der Waals surface area (Å²) in [6.45, 7) is 0.746. The van der Waals surface area contributed by atoms with Gasteiger partial charge < -0.3 is 25.0 Å². The lowest BCUT2D eigenvalue weighted by molar-refractivity contribution is -0.157. The minimum absolute atomic E-state index is 0.0910. The van der Waals surface area contributed by atoms with E-state index in [-0.39, 0.29) is 11.5 Å². The van der Waals surface area contributed by atoms with Crippen LogP contribution in [0.3, 0.4) is 0 Å². The van der Waals surface area contributed by atoms with Crippen LogP contribution in [0.15, 0.2) is 11.8 Å². The molecule has 0 spiro atoms. The van der Waals surface area contributed by atoms with Gasteiger partial charge in [0.2, 0.25) is 5.91 Å². The molecule has 8 nitrogen and oxygen atoms in total. The molecule has 2 saturated heterocycles. The summed E-state index contributed by atoms with van der Waals surface area (Å²) in [7, 11) is 0. The van der Waals surface area contributed by atoms with E-state index in [1.807, 2.05) is 0 Å². The number of rotatable bonds is 2. The number of hydrogen-bond donors (Lipinski definition) is 4. The molecule has 5 unspecified atom stereocenters. The normalized spacial score (nSPS) is 41.3. The molecule has 19 heavy (non-hydrogen) atoms. The molecule has 0 bridgehead atoms. The zero-order valence-corrected chi connectivity index (χ0v) is 9.91. The molecule has 5 atom stereocenters. The van der Waals surface area contributed by atoms with Gasteiger partial charge in [0.1, 0.15) is 24.4 Å². The monoisotopic (exact) mass is 270 g/mol. The molecule has 8 heteroatoms. The lowest BCUT2D eigenvalue weighted by Gasteiger charge is -2.29. The van der Waals surface area contributed by atoms with Gasteiger partial charge in [-0.3, -0.25) is 14.9 Å². The Labute approximate surface area is 108 Å². The van der Waals surface area contributed by atoms with Gasteiger partial charge in [0, 0.05) is 12.6 Å². The number of fused-ring (bicyclic) bond motifs is 1. The van der Waals surface area contributed by atoms with E-state index in [2.05, 4.69) is 10.6 Å². The van der Waals surface area contributed by atoms with Gasteiger partial charge in [-0.05, 0) is 0 Å². The van der Waals surface area contributed by atoms with E-state index in [9.17, 15) is 19.8 Å². The Bertz CT molecular complexity index is 450. The molecule has 4 N–H and O–H groups in total. The summed E-state index contributed by atoms with van der Waals surface area (Å²) in [5.74, 6) is -0.844. The van der Waals surface area contributed by atoms with Gasteiger partial charge in [-0.2, -0.15) is 0 Å². The zero-order valence-electron chi connectivity index (χ0n) is 9.91. The second-order valence-electron chi connectivity index (χ2n) is 4.65. The SMILES string of the molecule is O=C(NC1=CC(=O)C2OC2C1O)C1NCCOC1O. The second kappa shape index (κ2) is 4.66. The lowest BCUT2D eigenvalue weighted by Crippen LogP contribution is -2.57. The minimum atomic E-state index is -1.25. The smallest absolute Gasteiger partial charge is 0.246 e. The van der Waals surface area contributed by atoms with Crippen molar-refractivity contribution in [3.05, 3.63) is 11.8 Å². The Balaban J connectivity index is 1.67. The van der Waals surface area contributed by atoms with Gasteiger partial charge in [0.15, 0.2) is 12.1 Å². The highest BCUT2D eigenvalue weighted by Crippen LogP contribution is 2.33. The number of aliphatic hydroxyl groups is 2. The van der Waals surface area contributed by atoms with Crippen molar-refractivity contribution in [3.8, 4) is 0 Å². The second-order valence-corrected chi connectivity index (χ2v) is 4.65. The number of morpholine rings is 1. The Kier molecular flexibility index (Phi) is 3.11. The summed E-state index contributed by atoms with van der Waals surface area (Å²) in [6, 6.07) is -0.935. The van der Waals surface area contributed by atoms with Gasteiger partial charge in [0.25, 0.3) is 0 Å². The number of epoxide rings is 1. The van der Waals surface area contributed by atoms with Crippen LogP contribution in [0.2, 0.25) is 0 Å². The predicted octanol–water partition coefficient (Wildman–Crippen LogP) is -3.00. The van der Waals surface area contributed by atoms with Crippen LogP contribution in [0, 0.1) is 0 Å². The number of ether oxygens (including phenoxy) is 2. The highest BCUT2D eigenvalue weighted by molar-refractivity contribution is 5.99. The van der Waals surface area contributed by atoms with Gasteiger partial charge >= 0.3 is 0 Å². The predicted molar refractivity (Wildman–Crippen MR) is 59.7 cm³/mol. The fraction of sp³-hybridized carbons (Fsp3) is 0.636. The van der Waals surface area contributed by atoms with E-state index < -0.39 is 36.6 Å². The number of amides is 1. The van der Waals surface area contributed by atoms with Crippen LogP contribution in [0.4, 0.5) is 0 Å². The molecule has 1 amide bonds. The number of nitrogens with one attached hydrogen (secondary N) is 2. The fourth-order valence-corrected chi connectivity index (χ4v) is 2.23. The third-order valence-corrected chi connectivity index (χ3v) is 3.32. The molecule has 1 aliphatic carbocycles. The Hall–Kier alpha value is -1.32. The number of carbonyl (C=O) groups is 2. The Morgan fingerprint density at radius 1 is 1.47 bits per heavy atom. The molecule has 3 rings (SSSR count). The van der Waals surface area contributed by atoms with E-state index in [1.165, 1.54) is 0 Å². The van der Waals surface area contributed by atoms with Crippen LogP contribution in [0.25, 0.3) is 0 Å². The lowest BCUT2D eigenvalue weighted by atomic mass is 10.0. The van der Waals surface area contributed by atoms with Gasteiger partial charge in [-0.15, -0.1) is 0 Å². The summed E-state index contributed by atoms with van der Waals surface area (Å²) in [4.78, 5) is 23.4. The summed E-state index contributed by atoms with van der Waals surface area (Å²) >= 11 is 0. The van der Waals surface area contributed by atoms with Crippen molar-refractivity contribution < 1.29 is 29.3 Å². The largest absolute Gasteiger partial charge is 0.384 e. The quantitative estimate of drug-likeness (QED) is 0.395. The Morgan fingerprint density at radius 2 is 2.26 bits per heavy atom. The van der Waals surface area contributed by atoms with E-state index in [0.717, 1.165) is 6.08 Å². The molecule has 2 fully saturated rings. The molecule has 2 heterocycles. The van der Waals surface area contributed by atoms with E-state index in [0.29, 0.717) is 13.2 Å². The van der Waals surface area contributed by atoms with Crippen LogP contribution >= 0.6 is 0 Å². The first-order valence-corrected chi connectivity index (χ1v) is 6.01. The highest BCUT2D eigenvalue weighted by atomic mass is 16.6. The highest BCUT2D eigenvalue weighted by Gasteiger charge is 2.53. The van der Waals surface area contributed by atoms with E-state index in [4.69, 9.17) is 9.47 Å². The molecule has 0 aromatic rings. The average molecular weight is 270 g/mol. The molecular weight excluding hydrogens is 256 g/mol. The standard InChI is InChI=1S/C11H14N2O6/c14-5-3-4(7(15)9-8(5)19-9)13-10(16)6-11(17)18-2-1-12-6/h3,6-9,11-12,15,17H,1-2H2,(H,13,16). The first-order chi connectivity index (χ1) is 9.08. The number of hydrogen-bond acceptors (Lipinski definition) is 7. The first kappa shape index (κ1) is 12.7. The summed E-state index contributed by atoms with van der Waals surface area (Å²) in [6.07, 6.45) is -2.29. The summed E-state index contributed by atoms with van der Waals surface area (Å²) in [5.41, 5.74) is 0.0910. The van der Waals surface area contributed by atoms with Crippen molar-refractivity contribution in [1.29, 1.82) is 0 Å². The zero-order chi connectivity index (χ0) is 13.6. The number of aliphatic hydroxyl groups excluding tert-OH is 2. The third kappa shape index (κ3) is 2.28. The van der Waals surface area contributed by atoms with Gasteiger partial charge in [-0.25, -0.2) is 0 Å².